The van der Waals surface area contributed by atoms with E-state index in [0.717, 1.165) is 18.7 Å². The van der Waals surface area contributed by atoms with Crippen LogP contribution in [-0.2, 0) is 13.5 Å². The first-order chi connectivity index (χ1) is 8.22. The summed E-state index contributed by atoms with van der Waals surface area (Å²) in [6.07, 6.45) is 2.89. The van der Waals surface area contributed by atoms with Gasteiger partial charge in [0.1, 0.15) is 0 Å². The van der Waals surface area contributed by atoms with Gasteiger partial charge in [-0.25, -0.2) is 4.98 Å². The van der Waals surface area contributed by atoms with Crippen molar-refractivity contribution in [2.75, 3.05) is 13.6 Å². The lowest BCUT2D eigenvalue weighted by Gasteiger charge is -2.06. The summed E-state index contributed by atoms with van der Waals surface area (Å²) >= 11 is 0. The molecule has 0 fully saturated rings. The van der Waals surface area contributed by atoms with Crippen molar-refractivity contribution in [1.82, 2.24) is 14.9 Å². The van der Waals surface area contributed by atoms with E-state index in [2.05, 4.69) is 53.1 Å². The highest BCUT2D eigenvalue weighted by Gasteiger charge is 2.10. The Hall–Kier alpha value is -1.61. The van der Waals surface area contributed by atoms with E-state index < -0.39 is 0 Å². The Morgan fingerprint density at radius 2 is 1.94 bits per heavy atom. The monoisotopic (exact) mass is 229 g/mol. The molecule has 0 aliphatic carbocycles. The van der Waals surface area contributed by atoms with Crippen molar-refractivity contribution in [3.8, 4) is 11.3 Å². The SMILES string of the molecule is CNCCc1c(-c2ccc(C)cc2)ncn1C. The van der Waals surface area contributed by atoms with E-state index in [1.807, 2.05) is 13.4 Å². The smallest absolute Gasteiger partial charge is 0.0953 e. The van der Waals surface area contributed by atoms with Gasteiger partial charge in [-0.2, -0.15) is 0 Å². The molecule has 3 nitrogen and oxygen atoms in total. The van der Waals surface area contributed by atoms with Crippen molar-refractivity contribution >= 4 is 0 Å². The molecule has 0 saturated heterocycles. The molecule has 0 aliphatic rings. The molecule has 0 spiro atoms. The largest absolute Gasteiger partial charge is 0.337 e. The third-order valence-electron chi connectivity index (χ3n) is 3.00. The van der Waals surface area contributed by atoms with Gasteiger partial charge in [-0.05, 0) is 14.0 Å². The molecule has 0 aliphatic heterocycles. The minimum Gasteiger partial charge on any atom is -0.337 e. The van der Waals surface area contributed by atoms with Crippen LogP contribution in [0.2, 0.25) is 0 Å². The quantitative estimate of drug-likeness (QED) is 0.870. The van der Waals surface area contributed by atoms with E-state index >= 15 is 0 Å². The third-order valence-corrected chi connectivity index (χ3v) is 3.00. The highest BCUT2D eigenvalue weighted by atomic mass is 15.0. The molecule has 90 valence electrons. The maximum atomic E-state index is 4.50. The molecule has 17 heavy (non-hydrogen) atoms. The Morgan fingerprint density at radius 1 is 1.24 bits per heavy atom. The zero-order valence-electron chi connectivity index (χ0n) is 10.7. The van der Waals surface area contributed by atoms with Gasteiger partial charge in [0.2, 0.25) is 0 Å². The predicted octanol–water partition coefficient (Wildman–Crippen LogP) is 2.16. The average Bonchev–Trinajstić information content (AvgIpc) is 2.69. The number of rotatable bonds is 4. The third kappa shape index (κ3) is 2.56. The number of nitrogens with zero attached hydrogens (tertiary/aromatic N) is 2. The molecule has 0 unspecified atom stereocenters. The molecular formula is C14H19N3. The van der Waals surface area contributed by atoms with Crippen molar-refractivity contribution in [3.05, 3.63) is 41.9 Å². The molecule has 1 aromatic carbocycles. The number of benzene rings is 1. The molecule has 0 atom stereocenters. The Labute approximate surface area is 103 Å². The van der Waals surface area contributed by atoms with Crippen LogP contribution in [0.3, 0.4) is 0 Å². The standard InChI is InChI=1S/C14H19N3/c1-11-4-6-12(7-5-11)14-13(8-9-15-2)17(3)10-16-14/h4-7,10,15H,8-9H2,1-3H3. The van der Waals surface area contributed by atoms with Gasteiger partial charge >= 0.3 is 0 Å². The lowest BCUT2D eigenvalue weighted by Crippen LogP contribution is -2.12. The molecule has 1 aromatic heterocycles. The molecular weight excluding hydrogens is 210 g/mol. The van der Waals surface area contributed by atoms with Crippen LogP contribution >= 0.6 is 0 Å². The molecule has 2 aromatic rings. The van der Waals surface area contributed by atoms with Gasteiger partial charge in [-0.3, -0.25) is 0 Å². The Kier molecular flexibility index (Phi) is 3.59. The van der Waals surface area contributed by atoms with E-state index in [9.17, 15) is 0 Å². The average molecular weight is 229 g/mol. The summed E-state index contributed by atoms with van der Waals surface area (Å²) in [7, 11) is 4.03. The highest BCUT2D eigenvalue weighted by molar-refractivity contribution is 5.62. The fourth-order valence-electron chi connectivity index (χ4n) is 1.95. The zero-order chi connectivity index (χ0) is 12.3. The molecule has 1 N–H and O–H groups in total. The Bertz CT molecular complexity index is 483. The van der Waals surface area contributed by atoms with E-state index in [1.54, 1.807) is 0 Å². The fourth-order valence-corrected chi connectivity index (χ4v) is 1.95. The first kappa shape index (κ1) is 11.9. The molecule has 0 radical (unpaired) electrons. The van der Waals surface area contributed by atoms with Crippen LogP contribution in [0.4, 0.5) is 0 Å². The normalized spacial score (nSPS) is 10.8. The number of hydrogen-bond acceptors (Lipinski definition) is 2. The minimum absolute atomic E-state index is 0.971. The molecule has 3 heteroatoms. The minimum atomic E-state index is 0.971. The van der Waals surface area contributed by atoms with Gasteiger partial charge in [0.15, 0.2) is 0 Å². The van der Waals surface area contributed by atoms with E-state index in [1.165, 1.54) is 16.8 Å². The zero-order valence-corrected chi connectivity index (χ0v) is 10.7. The second-order valence-electron chi connectivity index (χ2n) is 4.37. The number of aromatic nitrogens is 2. The maximum absolute atomic E-state index is 4.50. The summed E-state index contributed by atoms with van der Waals surface area (Å²) in [6, 6.07) is 8.54. The Balaban J connectivity index is 2.34. The van der Waals surface area contributed by atoms with E-state index in [4.69, 9.17) is 0 Å². The van der Waals surface area contributed by atoms with Crippen molar-refractivity contribution in [3.63, 3.8) is 0 Å². The number of hydrogen-bond donors (Lipinski definition) is 1. The topological polar surface area (TPSA) is 29.9 Å². The fraction of sp³-hybridized carbons (Fsp3) is 0.357. The lowest BCUT2D eigenvalue weighted by molar-refractivity contribution is 0.738. The molecule has 0 amide bonds. The van der Waals surface area contributed by atoms with Crippen LogP contribution in [0.25, 0.3) is 11.3 Å². The van der Waals surface area contributed by atoms with Gasteiger partial charge in [0.05, 0.1) is 12.0 Å². The lowest BCUT2D eigenvalue weighted by atomic mass is 10.1. The molecule has 0 bridgehead atoms. The van der Waals surface area contributed by atoms with E-state index in [-0.39, 0.29) is 0 Å². The van der Waals surface area contributed by atoms with E-state index in [0.29, 0.717) is 0 Å². The van der Waals surface area contributed by atoms with Gasteiger partial charge in [0.25, 0.3) is 0 Å². The van der Waals surface area contributed by atoms with Gasteiger partial charge < -0.3 is 9.88 Å². The maximum Gasteiger partial charge on any atom is 0.0953 e. The van der Waals surface area contributed by atoms with Crippen LogP contribution in [0.5, 0.6) is 0 Å². The van der Waals surface area contributed by atoms with Gasteiger partial charge in [-0.15, -0.1) is 0 Å². The number of nitrogens with one attached hydrogen (secondary N) is 1. The second-order valence-corrected chi connectivity index (χ2v) is 4.37. The molecule has 1 heterocycles. The van der Waals surface area contributed by atoms with Crippen molar-refractivity contribution in [2.24, 2.45) is 7.05 Å². The van der Waals surface area contributed by atoms with Gasteiger partial charge in [-0.1, -0.05) is 29.8 Å². The first-order valence-corrected chi connectivity index (χ1v) is 5.94. The summed E-state index contributed by atoms with van der Waals surface area (Å²) in [5.41, 5.74) is 4.86. The Morgan fingerprint density at radius 3 is 2.59 bits per heavy atom. The number of aryl methyl sites for hydroxylation is 2. The summed E-state index contributed by atoms with van der Waals surface area (Å²) < 4.78 is 2.10. The van der Waals surface area contributed by atoms with Crippen LogP contribution in [0.1, 0.15) is 11.3 Å². The summed E-state index contributed by atoms with van der Waals surface area (Å²) in [4.78, 5) is 4.50. The number of imidazole rings is 1. The van der Waals surface area contributed by atoms with Crippen molar-refractivity contribution in [1.29, 1.82) is 0 Å². The van der Waals surface area contributed by atoms with Crippen LogP contribution in [-0.4, -0.2) is 23.1 Å². The van der Waals surface area contributed by atoms with Crippen molar-refractivity contribution in [2.45, 2.75) is 13.3 Å². The molecule has 2 rings (SSSR count). The summed E-state index contributed by atoms with van der Waals surface area (Å²) in [5.74, 6) is 0. The summed E-state index contributed by atoms with van der Waals surface area (Å²) in [5, 5.41) is 3.18. The van der Waals surface area contributed by atoms with Gasteiger partial charge in [0, 0.05) is 31.3 Å². The van der Waals surface area contributed by atoms with Crippen LogP contribution in [0.15, 0.2) is 30.6 Å². The predicted molar refractivity (Wildman–Crippen MR) is 71.0 cm³/mol. The van der Waals surface area contributed by atoms with Crippen molar-refractivity contribution < 1.29 is 0 Å². The highest BCUT2D eigenvalue weighted by Crippen LogP contribution is 2.22. The number of likely N-dealkylation sites (N-methyl/N-ethyl adjacent to an activating group) is 1. The summed E-state index contributed by atoms with van der Waals surface area (Å²) in [6.45, 7) is 3.07. The van der Waals surface area contributed by atoms with Crippen LogP contribution < -0.4 is 5.32 Å². The first-order valence-electron chi connectivity index (χ1n) is 5.94. The second kappa shape index (κ2) is 5.15. The van der Waals surface area contributed by atoms with Crippen LogP contribution in [0, 0.1) is 6.92 Å². The molecule has 0 saturated carbocycles.